The Hall–Kier alpha value is -3.61. The highest BCUT2D eigenvalue weighted by Gasteiger charge is 2.47. The Morgan fingerprint density at radius 2 is 1.78 bits per heavy atom. The molecular formula is C25H26N4O3. The van der Waals surface area contributed by atoms with Crippen LogP contribution in [-0.2, 0) is 16.0 Å². The van der Waals surface area contributed by atoms with E-state index in [1.54, 1.807) is 21.9 Å². The molecule has 1 aromatic heterocycles. The molecule has 0 radical (unpaired) electrons. The Bertz CT molecular complexity index is 1160. The second-order valence-corrected chi connectivity index (χ2v) is 8.41. The Morgan fingerprint density at radius 3 is 2.62 bits per heavy atom. The summed E-state index contributed by atoms with van der Waals surface area (Å²) < 4.78 is 0. The molecule has 1 N–H and O–H groups in total. The maximum Gasteiger partial charge on any atom is 0.332 e. The molecule has 2 saturated heterocycles. The Kier molecular flexibility index (Phi) is 5.39. The van der Waals surface area contributed by atoms with Crippen LogP contribution >= 0.6 is 0 Å². The molecule has 2 aliphatic rings. The first-order valence-corrected chi connectivity index (χ1v) is 11.2. The van der Waals surface area contributed by atoms with Crippen molar-refractivity contribution in [3.05, 3.63) is 66.4 Å². The van der Waals surface area contributed by atoms with Gasteiger partial charge in [0, 0.05) is 36.6 Å². The largest absolute Gasteiger partial charge is 0.361 e. The molecule has 32 heavy (non-hydrogen) atoms. The summed E-state index contributed by atoms with van der Waals surface area (Å²) in [6, 6.07) is 16.2. The highest BCUT2D eigenvalue weighted by atomic mass is 16.2. The van der Waals surface area contributed by atoms with Gasteiger partial charge in [0.2, 0.25) is 5.91 Å². The van der Waals surface area contributed by atoms with Crippen molar-refractivity contribution in [1.82, 2.24) is 14.8 Å². The maximum atomic E-state index is 13.1. The number of rotatable bonds is 5. The van der Waals surface area contributed by atoms with Crippen molar-refractivity contribution < 1.29 is 14.4 Å². The van der Waals surface area contributed by atoms with Crippen LogP contribution in [-0.4, -0.2) is 58.3 Å². The van der Waals surface area contributed by atoms with Gasteiger partial charge >= 0.3 is 6.03 Å². The summed E-state index contributed by atoms with van der Waals surface area (Å²) in [7, 11) is 0. The quantitative estimate of drug-likeness (QED) is 0.629. The van der Waals surface area contributed by atoms with Crippen molar-refractivity contribution in [1.29, 1.82) is 0 Å². The van der Waals surface area contributed by atoms with E-state index in [0.29, 0.717) is 31.6 Å². The predicted octanol–water partition coefficient (Wildman–Crippen LogP) is 3.56. The lowest BCUT2D eigenvalue weighted by Crippen LogP contribution is -2.43. The topological polar surface area (TPSA) is 76.7 Å². The van der Waals surface area contributed by atoms with Gasteiger partial charge < -0.3 is 14.8 Å². The molecule has 2 aliphatic heterocycles. The molecule has 164 valence electrons. The Morgan fingerprint density at radius 1 is 1.00 bits per heavy atom. The zero-order valence-corrected chi connectivity index (χ0v) is 17.9. The van der Waals surface area contributed by atoms with Crippen LogP contribution in [0.2, 0.25) is 0 Å². The predicted molar refractivity (Wildman–Crippen MR) is 122 cm³/mol. The van der Waals surface area contributed by atoms with E-state index >= 15 is 0 Å². The molecule has 2 fully saturated rings. The molecule has 5 rings (SSSR count). The number of anilines is 1. The van der Waals surface area contributed by atoms with Crippen LogP contribution in [0.5, 0.6) is 0 Å². The molecule has 0 aliphatic carbocycles. The van der Waals surface area contributed by atoms with E-state index in [9.17, 15) is 14.4 Å². The molecule has 7 heteroatoms. The van der Waals surface area contributed by atoms with Crippen LogP contribution in [0.3, 0.4) is 0 Å². The van der Waals surface area contributed by atoms with Crippen molar-refractivity contribution in [2.75, 3.05) is 24.5 Å². The molecule has 7 nitrogen and oxygen atoms in total. The molecule has 0 spiro atoms. The molecule has 1 atom stereocenters. The van der Waals surface area contributed by atoms with E-state index in [1.807, 2.05) is 42.6 Å². The Labute approximate surface area is 186 Å². The van der Waals surface area contributed by atoms with Crippen molar-refractivity contribution in [2.45, 2.75) is 31.7 Å². The van der Waals surface area contributed by atoms with Crippen molar-refractivity contribution in [3.8, 4) is 0 Å². The van der Waals surface area contributed by atoms with E-state index in [2.05, 4.69) is 11.1 Å². The number of amides is 4. The number of nitrogens with zero attached hydrogens (tertiary/aromatic N) is 3. The molecule has 3 heterocycles. The second-order valence-electron chi connectivity index (χ2n) is 8.41. The number of benzene rings is 2. The van der Waals surface area contributed by atoms with Crippen LogP contribution in [0.4, 0.5) is 10.5 Å². The number of imide groups is 1. The minimum Gasteiger partial charge on any atom is -0.361 e. The summed E-state index contributed by atoms with van der Waals surface area (Å²) in [5.41, 5.74) is 2.89. The molecule has 2 aromatic carbocycles. The van der Waals surface area contributed by atoms with E-state index in [-0.39, 0.29) is 24.4 Å². The summed E-state index contributed by atoms with van der Waals surface area (Å²) in [5.74, 6) is -0.204. The fourth-order valence-electron chi connectivity index (χ4n) is 4.77. The van der Waals surface area contributed by atoms with Gasteiger partial charge in [0.25, 0.3) is 5.91 Å². The standard InChI is InChI=1S/C25H26N4O3/c30-23(13-6-8-18-16-26-21-12-5-4-11-20(18)21)27-14-7-15-28-22(17-27)24(31)29(25(28)32)19-9-2-1-3-10-19/h1-5,9-12,16,22,26H,6-8,13-15,17H2. The van der Waals surface area contributed by atoms with Gasteiger partial charge in [-0.25, -0.2) is 9.69 Å². The number of aromatic nitrogens is 1. The van der Waals surface area contributed by atoms with Crippen LogP contribution < -0.4 is 4.90 Å². The third-order valence-corrected chi connectivity index (χ3v) is 6.42. The minimum atomic E-state index is -0.609. The van der Waals surface area contributed by atoms with E-state index in [0.717, 1.165) is 18.4 Å². The van der Waals surface area contributed by atoms with Gasteiger partial charge in [-0.3, -0.25) is 9.59 Å². The zero-order valence-electron chi connectivity index (χ0n) is 17.9. The lowest BCUT2D eigenvalue weighted by atomic mass is 10.1. The van der Waals surface area contributed by atoms with Crippen LogP contribution in [0.25, 0.3) is 10.9 Å². The van der Waals surface area contributed by atoms with Crippen molar-refractivity contribution >= 4 is 34.4 Å². The second kappa shape index (κ2) is 8.49. The third-order valence-electron chi connectivity index (χ3n) is 6.42. The molecule has 0 bridgehead atoms. The monoisotopic (exact) mass is 430 g/mol. The fourth-order valence-corrected chi connectivity index (χ4v) is 4.77. The van der Waals surface area contributed by atoms with Crippen LogP contribution in [0.15, 0.2) is 60.8 Å². The lowest BCUT2D eigenvalue weighted by molar-refractivity contribution is -0.132. The van der Waals surface area contributed by atoms with Crippen LogP contribution in [0.1, 0.15) is 24.8 Å². The number of urea groups is 1. The average molecular weight is 431 g/mol. The molecule has 1 unspecified atom stereocenters. The number of hydrogen-bond donors (Lipinski definition) is 1. The summed E-state index contributed by atoms with van der Waals surface area (Å²) in [6.45, 7) is 1.32. The number of aryl methyl sites for hydroxylation is 1. The Balaban J connectivity index is 1.23. The average Bonchev–Trinajstić information content (AvgIpc) is 3.21. The highest BCUT2D eigenvalue weighted by Crippen LogP contribution is 2.27. The number of nitrogens with one attached hydrogen (secondary N) is 1. The van der Waals surface area contributed by atoms with Crippen molar-refractivity contribution in [3.63, 3.8) is 0 Å². The third kappa shape index (κ3) is 3.64. The number of fused-ring (bicyclic) bond motifs is 2. The van der Waals surface area contributed by atoms with Gasteiger partial charge in [0.05, 0.1) is 12.2 Å². The molecule has 0 saturated carbocycles. The van der Waals surface area contributed by atoms with Crippen molar-refractivity contribution in [2.24, 2.45) is 0 Å². The van der Waals surface area contributed by atoms with Gasteiger partial charge in [0.1, 0.15) is 6.04 Å². The van der Waals surface area contributed by atoms with E-state index < -0.39 is 6.04 Å². The summed E-state index contributed by atoms with van der Waals surface area (Å²) in [4.78, 5) is 46.9. The molecule has 3 aromatic rings. The molecular weight excluding hydrogens is 404 g/mol. The SMILES string of the molecule is O=C(CCCc1c[nH]c2ccccc12)N1CCCN2C(=O)N(c3ccccc3)C(=O)C2C1. The van der Waals surface area contributed by atoms with Gasteiger partial charge in [-0.2, -0.15) is 0 Å². The van der Waals surface area contributed by atoms with Gasteiger partial charge in [-0.1, -0.05) is 36.4 Å². The number of H-pyrrole nitrogens is 1. The minimum absolute atomic E-state index is 0.0464. The first-order valence-electron chi connectivity index (χ1n) is 11.2. The molecule has 4 amide bonds. The van der Waals surface area contributed by atoms with Gasteiger partial charge in [0.15, 0.2) is 0 Å². The summed E-state index contributed by atoms with van der Waals surface area (Å²) in [6.07, 6.45) is 4.68. The number of hydrogen-bond acceptors (Lipinski definition) is 3. The summed E-state index contributed by atoms with van der Waals surface area (Å²) in [5, 5.41) is 1.20. The first-order chi connectivity index (χ1) is 15.6. The highest BCUT2D eigenvalue weighted by molar-refractivity contribution is 6.21. The number of carbonyl (C=O) groups excluding carboxylic acids is 3. The number of carbonyl (C=O) groups is 3. The first kappa shape index (κ1) is 20.3. The van der Waals surface area contributed by atoms with Crippen LogP contribution in [0, 0.1) is 0 Å². The van der Waals surface area contributed by atoms with E-state index in [4.69, 9.17) is 0 Å². The lowest BCUT2D eigenvalue weighted by Gasteiger charge is -2.23. The fraction of sp³-hybridized carbons (Fsp3) is 0.320. The normalized spacial score (nSPS) is 18.9. The number of para-hydroxylation sites is 2. The number of aromatic amines is 1. The van der Waals surface area contributed by atoms with Gasteiger partial charge in [-0.05, 0) is 43.0 Å². The van der Waals surface area contributed by atoms with E-state index in [1.165, 1.54) is 15.8 Å². The smallest absolute Gasteiger partial charge is 0.332 e. The zero-order chi connectivity index (χ0) is 22.1. The maximum absolute atomic E-state index is 13.1. The summed E-state index contributed by atoms with van der Waals surface area (Å²) >= 11 is 0. The van der Waals surface area contributed by atoms with Gasteiger partial charge in [-0.15, -0.1) is 0 Å².